The summed E-state index contributed by atoms with van der Waals surface area (Å²) in [5.74, 6) is 0.955. The maximum absolute atomic E-state index is 6.19. The molecule has 4 rings (SSSR count). The normalized spacial score (nSPS) is 32.9. The minimum absolute atomic E-state index is 0.0758. The Hall–Kier alpha value is -0.490. The van der Waals surface area contributed by atoms with Crippen molar-refractivity contribution in [3.63, 3.8) is 0 Å². The van der Waals surface area contributed by atoms with Crippen LogP contribution < -0.4 is 0 Å². The largest absolute Gasteiger partial charge is 0.371 e. The average molecular weight is 322 g/mol. The molecule has 3 heterocycles. The molecule has 3 fully saturated rings. The van der Waals surface area contributed by atoms with Crippen molar-refractivity contribution < 1.29 is 9.47 Å². The van der Waals surface area contributed by atoms with Crippen LogP contribution in [-0.2, 0) is 16.1 Å². The van der Waals surface area contributed by atoms with Crippen LogP contribution in [0.1, 0.15) is 42.8 Å². The van der Waals surface area contributed by atoms with E-state index in [0.717, 1.165) is 36.2 Å². The molecule has 3 aliphatic rings. The molecule has 122 valence electrons. The predicted octanol–water partition coefficient (Wildman–Crippen LogP) is 3.00. The summed E-state index contributed by atoms with van der Waals surface area (Å²) in [6, 6.07) is 0. The second-order valence-electron chi connectivity index (χ2n) is 7.27. The Bertz CT molecular complexity index is 517. The van der Waals surface area contributed by atoms with Gasteiger partial charge in [-0.15, -0.1) is 11.3 Å². The standard InChI is InChI=1S/C17H26N2O2S/c1-13-18-15(11-22-13)9-20-16-7-17(21-10-16)5-6-19(12-17)8-14-3-2-4-14/h11,14,16H,2-10,12H2,1H3/t16-,17+/m0/s1. The quantitative estimate of drug-likeness (QED) is 0.835. The zero-order valence-corrected chi connectivity index (χ0v) is 14.2. The van der Waals surface area contributed by atoms with Crippen LogP contribution in [0.4, 0.5) is 0 Å². The van der Waals surface area contributed by atoms with Crippen LogP contribution in [0.3, 0.4) is 0 Å². The molecule has 0 amide bonds. The molecular weight excluding hydrogens is 296 g/mol. The van der Waals surface area contributed by atoms with E-state index in [0.29, 0.717) is 6.61 Å². The summed E-state index contributed by atoms with van der Waals surface area (Å²) in [4.78, 5) is 7.09. The van der Waals surface area contributed by atoms with Gasteiger partial charge in [0.1, 0.15) is 0 Å². The molecule has 22 heavy (non-hydrogen) atoms. The number of hydrogen-bond donors (Lipinski definition) is 0. The molecular formula is C17H26N2O2S. The van der Waals surface area contributed by atoms with E-state index in [2.05, 4.69) is 15.3 Å². The summed E-state index contributed by atoms with van der Waals surface area (Å²) < 4.78 is 12.2. The van der Waals surface area contributed by atoms with Gasteiger partial charge in [-0.05, 0) is 32.1 Å². The molecule has 0 N–H and O–H groups in total. The third-order valence-electron chi connectivity index (χ3n) is 5.45. The first-order chi connectivity index (χ1) is 10.7. The zero-order chi connectivity index (χ0) is 15.0. The number of ether oxygens (including phenoxy) is 2. The van der Waals surface area contributed by atoms with Crippen molar-refractivity contribution >= 4 is 11.3 Å². The predicted molar refractivity (Wildman–Crippen MR) is 87.1 cm³/mol. The van der Waals surface area contributed by atoms with E-state index in [-0.39, 0.29) is 11.7 Å². The van der Waals surface area contributed by atoms with Gasteiger partial charge in [0.25, 0.3) is 0 Å². The number of nitrogens with zero attached hydrogens (tertiary/aromatic N) is 2. The third-order valence-corrected chi connectivity index (χ3v) is 6.27. The molecule has 4 nitrogen and oxygen atoms in total. The number of likely N-dealkylation sites (tertiary alicyclic amines) is 1. The highest BCUT2D eigenvalue weighted by Crippen LogP contribution is 2.38. The monoisotopic (exact) mass is 322 g/mol. The van der Waals surface area contributed by atoms with Gasteiger partial charge in [0.15, 0.2) is 0 Å². The number of aryl methyl sites for hydroxylation is 1. The highest BCUT2D eigenvalue weighted by molar-refractivity contribution is 7.09. The van der Waals surface area contributed by atoms with E-state index in [4.69, 9.17) is 9.47 Å². The van der Waals surface area contributed by atoms with E-state index in [1.165, 1.54) is 38.8 Å². The van der Waals surface area contributed by atoms with Gasteiger partial charge >= 0.3 is 0 Å². The highest BCUT2D eigenvalue weighted by atomic mass is 32.1. The van der Waals surface area contributed by atoms with Crippen LogP contribution in [0.2, 0.25) is 0 Å². The lowest BCUT2D eigenvalue weighted by atomic mass is 9.85. The molecule has 1 saturated carbocycles. The molecule has 2 saturated heterocycles. The Kier molecular flexibility index (Phi) is 4.24. The van der Waals surface area contributed by atoms with Gasteiger partial charge in [-0.2, -0.15) is 0 Å². The average Bonchev–Trinajstić information content (AvgIpc) is 3.15. The maximum Gasteiger partial charge on any atom is 0.0901 e. The lowest BCUT2D eigenvalue weighted by Crippen LogP contribution is -2.36. The highest BCUT2D eigenvalue weighted by Gasteiger charge is 2.46. The van der Waals surface area contributed by atoms with Crippen LogP contribution in [0.5, 0.6) is 0 Å². The summed E-state index contributed by atoms with van der Waals surface area (Å²) >= 11 is 1.69. The molecule has 0 radical (unpaired) electrons. The third kappa shape index (κ3) is 3.23. The molecule has 1 aliphatic carbocycles. The van der Waals surface area contributed by atoms with Crippen molar-refractivity contribution in [3.8, 4) is 0 Å². The summed E-state index contributed by atoms with van der Waals surface area (Å²) in [5, 5.41) is 3.21. The molecule has 2 atom stereocenters. The van der Waals surface area contributed by atoms with Gasteiger partial charge in [-0.3, -0.25) is 0 Å². The van der Waals surface area contributed by atoms with Gasteiger partial charge in [0.05, 0.1) is 35.6 Å². The Labute approximate surface area is 136 Å². The Morgan fingerprint density at radius 3 is 3.14 bits per heavy atom. The van der Waals surface area contributed by atoms with Crippen molar-refractivity contribution in [3.05, 3.63) is 16.1 Å². The lowest BCUT2D eigenvalue weighted by Gasteiger charge is -2.31. The van der Waals surface area contributed by atoms with E-state index in [1.807, 2.05) is 6.92 Å². The topological polar surface area (TPSA) is 34.6 Å². The second-order valence-corrected chi connectivity index (χ2v) is 8.33. The number of hydrogen-bond acceptors (Lipinski definition) is 5. The maximum atomic E-state index is 6.19. The van der Waals surface area contributed by atoms with Gasteiger partial charge < -0.3 is 14.4 Å². The summed E-state index contributed by atoms with van der Waals surface area (Å²) in [6.07, 6.45) is 6.77. The van der Waals surface area contributed by atoms with Crippen molar-refractivity contribution in [1.82, 2.24) is 9.88 Å². The van der Waals surface area contributed by atoms with Crippen molar-refractivity contribution in [2.45, 2.75) is 57.3 Å². The van der Waals surface area contributed by atoms with Crippen LogP contribution >= 0.6 is 11.3 Å². The molecule has 0 unspecified atom stereocenters. The minimum atomic E-state index is 0.0758. The summed E-state index contributed by atoms with van der Waals surface area (Å²) in [6.45, 7) is 7.01. The fourth-order valence-electron chi connectivity index (χ4n) is 4.00. The Morgan fingerprint density at radius 2 is 2.41 bits per heavy atom. The molecule has 1 spiro atoms. The zero-order valence-electron chi connectivity index (χ0n) is 13.4. The number of rotatable bonds is 5. The van der Waals surface area contributed by atoms with E-state index in [1.54, 1.807) is 11.3 Å². The first-order valence-corrected chi connectivity index (χ1v) is 9.48. The molecule has 0 bridgehead atoms. The molecule has 2 aliphatic heterocycles. The first kappa shape index (κ1) is 15.1. The van der Waals surface area contributed by atoms with E-state index < -0.39 is 0 Å². The lowest BCUT2D eigenvalue weighted by molar-refractivity contribution is -0.00161. The molecule has 5 heteroatoms. The van der Waals surface area contributed by atoms with Crippen molar-refractivity contribution in [2.24, 2.45) is 5.92 Å². The SMILES string of the molecule is Cc1nc(CO[C@@H]2CO[C@]3(CCN(CC4CCC4)C3)C2)cs1. The second kappa shape index (κ2) is 6.19. The van der Waals surface area contributed by atoms with Gasteiger partial charge in [0, 0.05) is 31.4 Å². The Morgan fingerprint density at radius 1 is 1.50 bits per heavy atom. The van der Waals surface area contributed by atoms with Gasteiger partial charge in [-0.1, -0.05) is 6.42 Å². The molecule has 0 aromatic carbocycles. The van der Waals surface area contributed by atoms with Crippen LogP contribution in [0.15, 0.2) is 5.38 Å². The van der Waals surface area contributed by atoms with Crippen molar-refractivity contribution in [2.75, 3.05) is 26.2 Å². The smallest absolute Gasteiger partial charge is 0.0901 e. The summed E-state index contributed by atoms with van der Waals surface area (Å²) in [5.41, 5.74) is 1.13. The number of aromatic nitrogens is 1. The Balaban J connectivity index is 1.25. The van der Waals surface area contributed by atoms with Crippen LogP contribution in [0, 0.1) is 12.8 Å². The van der Waals surface area contributed by atoms with E-state index >= 15 is 0 Å². The van der Waals surface area contributed by atoms with Gasteiger partial charge in [0.2, 0.25) is 0 Å². The van der Waals surface area contributed by atoms with Crippen LogP contribution in [0.25, 0.3) is 0 Å². The van der Waals surface area contributed by atoms with E-state index in [9.17, 15) is 0 Å². The molecule has 1 aromatic rings. The molecule has 1 aromatic heterocycles. The van der Waals surface area contributed by atoms with Crippen molar-refractivity contribution in [1.29, 1.82) is 0 Å². The first-order valence-electron chi connectivity index (χ1n) is 8.60. The number of thiazole rings is 1. The van der Waals surface area contributed by atoms with Crippen LogP contribution in [-0.4, -0.2) is 47.8 Å². The summed E-state index contributed by atoms with van der Waals surface area (Å²) in [7, 11) is 0. The minimum Gasteiger partial charge on any atom is -0.371 e. The fraction of sp³-hybridized carbons (Fsp3) is 0.824. The van der Waals surface area contributed by atoms with Gasteiger partial charge in [-0.25, -0.2) is 4.98 Å². The fourth-order valence-corrected chi connectivity index (χ4v) is 4.59.